The van der Waals surface area contributed by atoms with Gasteiger partial charge in [-0.2, -0.15) is 0 Å². The number of Topliss-reactive ketones (excluding diaryl/α,β-unsaturated/α-hetero) is 1. The highest BCUT2D eigenvalue weighted by atomic mass is 16.6. The Morgan fingerprint density at radius 2 is 1.88 bits per heavy atom. The Balaban J connectivity index is 1.72. The Morgan fingerprint density at radius 1 is 1.15 bits per heavy atom. The zero-order valence-corrected chi connectivity index (χ0v) is 20.1. The summed E-state index contributed by atoms with van der Waals surface area (Å²) in [6.45, 7) is 6.64. The Kier molecular flexibility index (Phi) is 6.09. The number of esters is 2. The number of aliphatic hydroxyl groups excluding tert-OH is 1. The van der Waals surface area contributed by atoms with Gasteiger partial charge in [0.25, 0.3) is 0 Å². The fourth-order valence-corrected chi connectivity index (χ4v) is 7.91. The Labute approximate surface area is 195 Å². The molecule has 0 spiro atoms. The van der Waals surface area contributed by atoms with Crippen molar-refractivity contribution in [1.82, 2.24) is 0 Å². The van der Waals surface area contributed by atoms with Gasteiger partial charge in [-0.3, -0.25) is 19.2 Å². The van der Waals surface area contributed by atoms with Crippen LogP contribution in [0.3, 0.4) is 0 Å². The summed E-state index contributed by atoms with van der Waals surface area (Å²) in [5.74, 6) is -0.999. The number of rotatable bonds is 5. The van der Waals surface area contributed by atoms with Gasteiger partial charge in [0.2, 0.25) is 5.78 Å². The van der Waals surface area contributed by atoms with E-state index < -0.39 is 41.4 Å². The number of ether oxygens (including phenoxy) is 2. The molecule has 0 heterocycles. The van der Waals surface area contributed by atoms with E-state index in [4.69, 9.17) is 9.47 Å². The van der Waals surface area contributed by atoms with Gasteiger partial charge in [-0.05, 0) is 67.8 Å². The molecule has 0 amide bonds. The summed E-state index contributed by atoms with van der Waals surface area (Å²) >= 11 is 0. The van der Waals surface area contributed by atoms with Crippen LogP contribution in [0, 0.1) is 28.6 Å². The zero-order chi connectivity index (χ0) is 24.2. The van der Waals surface area contributed by atoms with E-state index >= 15 is 0 Å². The van der Waals surface area contributed by atoms with Crippen molar-refractivity contribution in [2.24, 2.45) is 28.6 Å². The average molecular weight is 461 g/mol. The molecule has 3 fully saturated rings. The molecule has 1 N–H and O–H groups in total. The summed E-state index contributed by atoms with van der Waals surface area (Å²) in [4.78, 5) is 49.4. The number of fused-ring (bicyclic) bond motifs is 5. The maximum Gasteiger partial charge on any atom is 0.306 e. The van der Waals surface area contributed by atoms with Crippen molar-refractivity contribution in [2.75, 3.05) is 6.61 Å². The van der Waals surface area contributed by atoms with Gasteiger partial charge < -0.3 is 14.6 Å². The molecule has 0 bridgehead atoms. The highest BCUT2D eigenvalue weighted by Gasteiger charge is 2.70. The highest BCUT2D eigenvalue weighted by molar-refractivity contribution is 5.93. The predicted octanol–water partition coefficient (Wildman–Crippen LogP) is 3.31. The molecular formula is C26H36O7. The van der Waals surface area contributed by atoms with Gasteiger partial charge in [-0.1, -0.05) is 26.3 Å². The molecule has 3 saturated carbocycles. The first-order chi connectivity index (χ1) is 15.5. The minimum absolute atomic E-state index is 0.00456. The molecule has 0 aromatic carbocycles. The smallest absolute Gasteiger partial charge is 0.306 e. The second kappa shape index (κ2) is 8.33. The van der Waals surface area contributed by atoms with E-state index in [1.54, 1.807) is 13.0 Å². The molecule has 0 radical (unpaired) electrons. The summed E-state index contributed by atoms with van der Waals surface area (Å²) in [7, 11) is 0. The number of hydrogen-bond acceptors (Lipinski definition) is 7. The molecule has 4 aliphatic rings. The normalized spacial score (nSPS) is 41.8. The summed E-state index contributed by atoms with van der Waals surface area (Å²) in [5, 5.41) is 11.6. The van der Waals surface area contributed by atoms with Crippen LogP contribution in [0.2, 0.25) is 0 Å². The van der Waals surface area contributed by atoms with Crippen molar-refractivity contribution in [2.45, 2.75) is 90.8 Å². The van der Waals surface area contributed by atoms with Crippen LogP contribution in [0.1, 0.15) is 79.1 Å². The summed E-state index contributed by atoms with van der Waals surface area (Å²) in [6.07, 6.45) is 5.55. The third-order valence-corrected chi connectivity index (χ3v) is 9.45. The van der Waals surface area contributed by atoms with Crippen molar-refractivity contribution >= 4 is 23.5 Å². The Hall–Kier alpha value is -2.02. The van der Waals surface area contributed by atoms with Crippen molar-refractivity contribution in [3.8, 4) is 0 Å². The molecule has 0 saturated heterocycles. The third-order valence-electron chi connectivity index (χ3n) is 9.45. The number of aliphatic hydroxyl groups is 1. The molecule has 0 aromatic rings. The van der Waals surface area contributed by atoms with E-state index in [0.29, 0.717) is 25.7 Å². The number of carbonyl (C=O) groups is 4. The lowest BCUT2D eigenvalue weighted by molar-refractivity contribution is -0.202. The van der Waals surface area contributed by atoms with Crippen molar-refractivity contribution < 1.29 is 33.8 Å². The van der Waals surface area contributed by atoms with Gasteiger partial charge in [0.15, 0.2) is 18.0 Å². The fraction of sp³-hybridized carbons (Fsp3) is 0.769. The van der Waals surface area contributed by atoms with Crippen LogP contribution in [0.25, 0.3) is 0 Å². The van der Waals surface area contributed by atoms with Crippen LogP contribution in [0.5, 0.6) is 0 Å². The summed E-state index contributed by atoms with van der Waals surface area (Å²) in [6, 6.07) is 0. The van der Waals surface area contributed by atoms with Crippen LogP contribution in [-0.4, -0.2) is 46.9 Å². The Bertz CT molecular complexity index is 906. The van der Waals surface area contributed by atoms with E-state index in [1.807, 2.05) is 6.92 Å². The molecule has 4 rings (SSSR count). The molecule has 7 heteroatoms. The van der Waals surface area contributed by atoms with Crippen LogP contribution >= 0.6 is 0 Å². The fourth-order valence-electron chi connectivity index (χ4n) is 7.91. The quantitative estimate of drug-likeness (QED) is 0.627. The van der Waals surface area contributed by atoms with E-state index in [9.17, 15) is 24.3 Å². The molecule has 4 aliphatic carbocycles. The summed E-state index contributed by atoms with van der Waals surface area (Å²) < 4.78 is 11.0. The van der Waals surface area contributed by atoms with Crippen LogP contribution < -0.4 is 0 Å². The van der Waals surface area contributed by atoms with E-state index in [-0.39, 0.29) is 35.4 Å². The van der Waals surface area contributed by atoms with Gasteiger partial charge in [0.1, 0.15) is 0 Å². The lowest BCUT2D eigenvalue weighted by Gasteiger charge is -2.60. The molecule has 7 nitrogen and oxygen atoms in total. The molecular weight excluding hydrogens is 424 g/mol. The monoisotopic (exact) mass is 460 g/mol. The van der Waals surface area contributed by atoms with Gasteiger partial charge in [0, 0.05) is 25.2 Å². The number of hydrogen-bond donors (Lipinski definition) is 1. The average Bonchev–Trinajstić information content (AvgIpc) is 3.04. The second-order valence-electron chi connectivity index (χ2n) is 11.0. The topological polar surface area (TPSA) is 107 Å². The standard InChI is InChI=1S/C26H36O7/c1-5-22(31)33-26(21(30)14-32-15(2)27)11-9-19-18-7-6-16-12-17(28)8-10-24(16,3)23(18)20(29)13-25(19,26)4/h12,18-20,23,29H,5-11,13-14H2,1-4H3/t18-,19+,20-,23-,24-,25+,26-/m0/s1. The van der Waals surface area contributed by atoms with Crippen LogP contribution in [0.4, 0.5) is 0 Å². The largest absolute Gasteiger partial charge is 0.458 e. The molecule has 0 unspecified atom stereocenters. The van der Waals surface area contributed by atoms with Gasteiger partial charge in [-0.15, -0.1) is 0 Å². The lowest BCUT2D eigenvalue weighted by Crippen LogP contribution is -2.63. The maximum absolute atomic E-state index is 13.5. The second-order valence-corrected chi connectivity index (χ2v) is 11.0. The number of carbonyl (C=O) groups excluding carboxylic acids is 4. The van der Waals surface area contributed by atoms with Crippen LogP contribution in [-0.2, 0) is 28.7 Å². The third kappa shape index (κ3) is 3.58. The zero-order valence-electron chi connectivity index (χ0n) is 20.1. The molecule has 7 atom stereocenters. The molecule has 33 heavy (non-hydrogen) atoms. The van der Waals surface area contributed by atoms with Crippen molar-refractivity contribution in [1.29, 1.82) is 0 Å². The van der Waals surface area contributed by atoms with Gasteiger partial charge in [0.05, 0.1) is 6.10 Å². The van der Waals surface area contributed by atoms with E-state index in [0.717, 1.165) is 24.8 Å². The van der Waals surface area contributed by atoms with E-state index in [2.05, 4.69) is 6.92 Å². The van der Waals surface area contributed by atoms with E-state index in [1.165, 1.54) is 6.92 Å². The SMILES string of the molecule is CCC(=O)O[C@]1(C(=O)COC(C)=O)CC[C@@H]2[C@@H]3CCC4=CC(=O)CC[C@]4(C)[C@@H]3[C@@H](O)C[C@]21C. The first-order valence-electron chi connectivity index (χ1n) is 12.3. The maximum atomic E-state index is 13.5. The van der Waals surface area contributed by atoms with Crippen LogP contribution in [0.15, 0.2) is 11.6 Å². The molecule has 182 valence electrons. The summed E-state index contributed by atoms with van der Waals surface area (Å²) in [5.41, 5.74) is -1.25. The van der Waals surface area contributed by atoms with Gasteiger partial charge >= 0.3 is 11.9 Å². The van der Waals surface area contributed by atoms with Crippen molar-refractivity contribution in [3.63, 3.8) is 0 Å². The minimum Gasteiger partial charge on any atom is -0.458 e. The lowest BCUT2D eigenvalue weighted by atomic mass is 9.45. The Morgan fingerprint density at radius 3 is 2.55 bits per heavy atom. The molecule has 0 aromatic heterocycles. The first-order valence-corrected chi connectivity index (χ1v) is 12.3. The molecule has 0 aliphatic heterocycles. The highest BCUT2D eigenvalue weighted by Crippen LogP contribution is 2.68. The number of allylic oxidation sites excluding steroid dienone is 1. The predicted molar refractivity (Wildman–Crippen MR) is 119 cm³/mol. The van der Waals surface area contributed by atoms with Crippen molar-refractivity contribution in [3.05, 3.63) is 11.6 Å². The first kappa shape index (κ1) is 24.1. The van der Waals surface area contributed by atoms with Gasteiger partial charge in [-0.25, -0.2) is 0 Å². The number of ketones is 2. The minimum atomic E-state index is -1.41.